The highest BCUT2D eigenvalue weighted by Gasteiger charge is 2.21. The molecule has 3 heterocycles. The van der Waals surface area contributed by atoms with Crippen molar-refractivity contribution in [1.29, 1.82) is 0 Å². The summed E-state index contributed by atoms with van der Waals surface area (Å²) in [5, 5.41) is 20.2. The molecule has 1 aliphatic rings. The van der Waals surface area contributed by atoms with Crippen LogP contribution >= 0.6 is 23.2 Å². The van der Waals surface area contributed by atoms with Gasteiger partial charge in [-0.1, -0.05) is 47.5 Å². The maximum absolute atomic E-state index is 11.5. The lowest BCUT2D eigenvalue weighted by atomic mass is 9.97. The molecule has 0 saturated carbocycles. The highest BCUT2D eigenvalue weighted by atomic mass is 35.5. The van der Waals surface area contributed by atoms with Crippen molar-refractivity contribution in [2.75, 3.05) is 27.3 Å². The van der Waals surface area contributed by atoms with E-state index in [1.54, 1.807) is 27.3 Å². The number of aryl methyl sites for hydroxylation is 1. The van der Waals surface area contributed by atoms with Gasteiger partial charge in [-0.15, -0.1) is 0 Å². The molecule has 0 spiro atoms. The summed E-state index contributed by atoms with van der Waals surface area (Å²) in [6, 6.07) is 15.6. The van der Waals surface area contributed by atoms with Crippen molar-refractivity contribution in [3.63, 3.8) is 0 Å². The van der Waals surface area contributed by atoms with E-state index in [1.165, 1.54) is 0 Å². The molecule has 1 fully saturated rings. The zero-order valence-corrected chi connectivity index (χ0v) is 27.9. The van der Waals surface area contributed by atoms with Crippen LogP contribution in [0.5, 0.6) is 11.6 Å². The topological polar surface area (TPSA) is 118 Å². The van der Waals surface area contributed by atoms with E-state index < -0.39 is 6.10 Å². The smallest absolute Gasteiger partial charge is 0.220 e. The summed E-state index contributed by atoms with van der Waals surface area (Å²) in [5.74, 6) is 1.31. The van der Waals surface area contributed by atoms with Crippen molar-refractivity contribution in [2.24, 2.45) is 0 Å². The lowest BCUT2D eigenvalue weighted by Crippen LogP contribution is -2.35. The van der Waals surface area contributed by atoms with E-state index in [0.717, 1.165) is 45.4 Å². The number of halogens is 2. The lowest BCUT2D eigenvalue weighted by molar-refractivity contribution is -0.119. The van der Waals surface area contributed by atoms with Gasteiger partial charge in [0.05, 0.1) is 41.8 Å². The van der Waals surface area contributed by atoms with E-state index in [4.69, 9.17) is 37.7 Å². The lowest BCUT2D eigenvalue weighted by Gasteiger charge is -2.17. The first-order valence-electron chi connectivity index (χ1n) is 15.2. The van der Waals surface area contributed by atoms with Gasteiger partial charge in [0.15, 0.2) is 0 Å². The first-order valence-corrected chi connectivity index (χ1v) is 16.0. The number of ether oxygens (including phenoxy) is 2. The summed E-state index contributed by atoms with van der Waals surface area (Å²) in [6.07, 6.45) is 2.68. The minimum Gasteiger partial charge on any atom is -0.496 e. The van der Waals surface area contributed by atoms with Crippen LogP contribution in [0, 0.1) is 6.92 Å². The van der Waals surface area contributed by atoms with E-state index in [0.29, 0.717) is 65.7 Å². The average Bonchev–Trinajstić information content (AvgIpc) is 3.46. The first-order chi connectivity index (χ1) is 22.2. The van der Waals surface area contributed by atoms with Gasteiger partial charge < -0.3 is 30.5 Å². The van der Waals surface area contributed by atoms with Crippen LogP contribution in [0.1, 0.15) is 36.5 Å². The number of amides is 1. The van der Waals surface area contributed by atoms with Crippen molar-refractivity contribution in [3.05, 3.63) is 81.5 Å². The number of aliphatic hydroxyl groups is 1. The maximum atomic E-state index is 11.5. The van der Waals surface area contributed by atoms with E-state index in [9.17, 15) is 9.90 Å². The van der Waals surface area contributed by atoms with Crippen molar-refractivity contribution in [3.8, 4) is 45.3 Å². The molecule has 0 radical (unpaired) electrons. The molecule has 242 valence electrons. The van der Waals surface area contributed by atoms with Gasteiger partial charge in [0.2, 0.25) is 11.8 Å². The Labute approximate surface area is 279 Å². The third-order valence-electron chi connectivity index (χ3n) is 8.04. The molecule has 2 aromatic carbocycles. The zero-order chi connectivity index (χ0) is 32.8. The van der Waals surface area contributed by atoms with Gasteiger partial charge in [0, 0.05) is 78.2 Å². The molecule has 1 aliphatic heterocycles. The summed E-state index contributed by atoms with van der Waals surface area (Å²) in [5.41, 5.74) is 7.25. The Morgan fingerprint density at radius 2 is 1.80 bits per heavy atom. The molecule has 0 aliphatic carbocycles. The second-order valence-corrected chi connectivity index (χ2v) is 12.2. The molecule has 1 amide bonds. The molecule has 1 unspecified atom stereocenters. The van der Waals surface area contributed by atoms with Gasteiger partial charge in [-0.3, -0.25) is 9.78 Å². The number of carbonyl (C=O) groups excluding carboxylic acids is 1. The number of carbonyl (C=O) groups is 1. The fraction of sp³-hybridized carbons (Fsp3) is 0.343. The Hall–Kier alpha value is -3.73. The summed E-state index contributed by atoms with van der Waals surface area (Å²) in [4.78, 5) is 20.9. The number of aromatic nitrogens is 2. The molecule has 2 atom stereocenters. The van der Waals surface area contributed by atoms with Gasteiger partial charge in [0.25, 0.3) is 0 Å². The van der Waals surface area contributed by atoms with Crippen LogP contribution in [0.2, 0.25) is 10.0 Å². The Morgan fingerprint density at radius 1 is 1.02 bits per heavy atom. The number of rotatable bonds is 13. The number of pyridine rings is 2. The SMILES string of the molecule is COc1cc(-c2nccc(-c3cccc(-c4ccc(CNC[C@@H]5CCC(=O)N5)c(OC)n4)c3Cl)c2Cl)cc(C)c1CNCC(C)O. The van der Waals surface area contributed by atoms with Crippen LogP contribution in [0.25, 0.3) is 33.6 Å². The fourth-order valence-electron chi connectivity index (χ4n) is 5.67. The summed E-state index contributed by atoms with van der Waals surface area (Å²) in [6.45, 7) is 6.02. The number of aliphatic hydroxyl groups excluding tert-OH is 1. The predicted octanol–water partition coefficient (Wildman–Crippen LogP) is 5.95. The predicted molar refractivity (Wildman–Crippen MR) is 182 cm³/mol. The van der Waals surface area contributed by atoms with Gasteiger partial charge in [-0.05, 0) is 50.1 Å². The van der Waals surface area contributed by atoms with Gasteiger partial charge >= 0.3 is 0 Å². The number of hydrogen-bond acceptors (Lipinski definition) is 8. The van der Waals surface area contributed by atoms with Crippen molar-refractivity contribution >= 4 is 29.1 Å². The second-order valence-electron chi connectivity index (χ2n) is 11.4. The second kappa shape index (κ2) is 15.2. The third kappa shape index (κ3) is 7.62. The van der Waals surface area contributed by atoms with E-state index in [2.05, 4.69) is 20.9 Å². The quantitative estimate of drug-likeness (QED) is 0.139. The van der Waals surface area contributed by atoms with Gasteiger partial charge in [-0.2, -0.15) is 0 Å². The summed E-state index contributed by atoms with van der Waals surface area (Å²) < 4.78 is 11.4. The van der Waals surface area contributed by atoms with Crippen LogP contribution < -0.4 is 25.4 Å². The molecule has 1 saturated heterocycles. The third-order valence-corrected chi connectivity index (χ3v) is 8.83. The first kappa shape index (κ1) is 33.6. The van der Waals surface area contributed by atoms with E-state index in [1.807, 2.05) is 55.5 Å². The van der Waals surface area contributed by atoms with Crippen LogP contribution in [-0.4, -0.2) is 60.4 Å². The molecule has 11 heteroatoms. The van der Waals surface area contributed by atoms with Crippen LogP contribution in [0.4, 0.5) is 0 Å². The largest absolute Gasteiger partial charge is 0.496 e. The van der Waals surface area contributed by atoms with E-state index in [-0.39, 0.29) is 11.9 Å². The standard InChI is InChI=1S/C35H39Cl2N5O4/c1-20-14-23(15-30(45-3)28(20)19-38-16-21(2)43)34-33(37)26(12-13-40-34)25-6-5-7-27(32(25)36)29-10-8-22(35(42-29)46-4)17-39-18-24-9-11-31(44)41-24/h5-8,10,12-15,21,24,38-39,43H,9,11,16-19H2,1-4H3,(H,41,44)/t21?,24-/m0/s1. The Morgan fingerprint density at radius 3 is 2.52 bits per heavy atom. The monoisotopic (exact) mass is 663 g/mol. The fourth-order valence-corrected chi connectivity index (χ4v) is 6.32. The van der Waals surface area contributed by atoms with Gasteiger partial charge in [-0.25, -0.2) is 4.98 Å². The summed E-state index contributed by atoms with van der Waals surface area (Å²) >= 11 is 14.1. The Balaban J connectivity index is 1.41. The van der Waals surface area contributed by atoms with Crippen molar-refractivity contribution < 1.29 is 19.4 Å². The summed E-state index contributed by atoms with van der Waals surface area (Å²) in [7, 11) is 3.23. The molecular formula is C35H39Cl2N5O4. The van der Waals surface area contributed by atoms with E-state index >= 15 is 0 Å². The maximum Gasteiger partial charge on any atom is 0.220 e. The molecule has 5 rings (SSSR count). The average molecular weight is 665 g/mol. The molecule has 4 aromatic rings. The molecule has 46 heavy (non-hydrogen) atoms. The minimum absolute atomic E-state index is 0.0986. The van der Waals surface area contributed by atoms with Crippen LogP contribution in [-0.2, 0) is 17.9 Å². The van der Waals surface area contributed by atoms with Gasteiger partial charge in [0.1, 0.15) is 5.75 Å². The minimum atomic E-state index is -0.444. The molecular weight excluding hydrogens is 625 g/mol. The normalized spacial score (nSPS) is 15.1. The molecule has 4 N–H and O–H groups in total. The highest BCUT2D eigenvalue weighted by Crippen LogP contribution is 2.42. The van der Waals surface area contributed by atoms with Crippen LogP contribution in [0.15, 0.2) is 54.7 Å². The van der Waals surface area contributed by atoms with Crippen molar-refractivity contribution in [2.45, 2.75) is 51.9 Å². The number of nitrogens with one attached hydrogen (secondary N) is 3. The number of nitrogens with zero attached hydrogens (tertiary/aromatic N) is 2. The molecule has 2 aromatic heterocycles. The number of methoxy groups -OCH3 is 2. The van der Waals surface area contributed by atoms with Crippen LogP contribution in [0.3, 0.4) is 0 Å². The number of benzene rings is 2. The highest BCUT2D eigenvalue weighted by molar-refractivity contribution is 6.39. The van der Waals surface area contributed by atoms with Crippen molar-refractivity contribution in [1.82, 2.24) is 25.9 Å². The molecule has 0 bridgehead atoms. The Bertz CT molecular complexity index is 1720. The number of hydrogen-bond donors (Lipinski definition) is 4. The Kier molecular flexibility index (Phi) is 11.1. The molecule has 9 nitrogen and oxygen atoms in total. The zero-order valence-electron chi connectivity index (χ0n) is 26.4.